The summed E-state index contributed by atoms with van der Waals surface area (Å²) in [6.45, 7) is 5.15. The molecule has 5 nitrogen and oxygen atoms in total. The van der Waals surface area contributed by atoms with Gasteiger partial charge in [0.25, 0.3) is 5.91 Å². The number of amides is 3. The van der Waals surface area contributed by atoms with Gasteiger partial charge in [-0.3, -0.25) is 9.69 Å². The highest BCUT2D eigenvalue weighted by Gasteiger charge is 2.38. The van der Waals surface area contributed by atoms with Crippen LogP contribution in [0.25, 0.3) is 0 Å². The van der Waals surface area contributed by atoms with Crippen molar-refractivity contribution in [2.75, 3.05) is 13.2 Å². The Morgan fingerprint density at radius 1 is 1.23 bits per heavy atom. The maximum atomic E-state index is 12.7. The number of urea groups is 1. The summed E-state index contributed by atoms with van der Waals surface area (Å²) in [7, 11) is 0. The predicted molar refractivity (Wildman–Crippen MR) is 104 cm³/mol. The smallest absolute Gasteiger partial charge is 0.325 e. The molecule has 3 amide bonds. The molecule has 0 unspecified atom stereocenters. The van der Waals surface area contributed by atoms with Crippen molar-refractivity contribution in [1.29, 1.82) is 0 Å². The minimum absolute atomic E-state index is 0.197. The van der Waals surface area contributed by atoms with E-state index in [1.165, 1.54) is 16.2 Å². The van der Waals surface area contributed by atoms with Crippen LogP contribution in [0.15, 0.2) is 55.1 Å². The average molecular weight is 390 g/mol. The highest BCUT2D eigenvalue weighted by molar-refractivity contribution is 7.16. The number of hydrogen-bond acceptors (Lipinski definition) is 4. The lowest BCUT2D eigenvalue weighted by Gasteiger charge is -2.24. The van der Waals surface area contributed by atoms with Gasteiger partial charge in [0, 0.05) is 24.4 Å². The SMILES string of the molecule is C=CCN(Cc1ccc(Cl)s1)CN1C(=O)N[C@@H](Cc2ccccc2)C1=O. The molecule has 1 N–H and O–H groups in total. The lowest BCUT2D eigenvalue weighted by atomic mass is 10.1. The van der Waals surface area contributed by atoms with Gasteiger partial charge in [-0.25, -0.2) is 9.69 Å². The van der Waals surface area contributed by atoms with Crippen molar-refractivity contribution in [1.82, 2.24) is 15.1 Å². The molecule has 2 heterocycles. The number of imide groups is 1. The predicted octanol–water partition coefficient (Wildman–Crippen LogP) is 3.51. The third kappa shape index (κ3) is 4.52. The van der Waals surface area contributed by atoms with Crippen molar-refractivity contribution >= 4 is 34.9 Å². The Kier molecular flexibility index (Phi) is 6.08. The van der Waals surface area contributed by atoms with Gasteiger partial charge in [0.15, 0.2) is 0 Å². The molecule has 1 aliphatic heterocycles. The molecule has 0 bridgehead atoms. The number of carbonyl (C=O) groups is 2. The molecule has 1 aromatic carbocycles. The van der Waals surface area contributed by atoms with Gasteiger partial charge in [-0.05, 0) is 17.7 Å². The Bertz CT molecular complexity index is 793. The van der Waals surface area contributed by atoms with Crippen LogP contribution in [0.5, 0.6) is 0 Å². The number of benzene rings is 1. The van der Waals surface area contributed by atoms with Crippen LogP contribution in [0.2, 0.25) is 4.34 Å². The van der Waals surface area contributed by atoms with Crippen LogP contribution in [0.3, 0.4) is 0 Å². The van der Waals surface area contributed by atoms with Crippen LogP contribution in [-0.4, -0.2) is 41.0 Å². The van der Waals surface area contributed by atoms with Crippen molar-refractivity contribution in [3.8, 4) is 0 Å². The molecule has 0 radical (unpaired) electrons. The zero-order valence-electron chi connectivity index (χ0n) is 14.2. The van der Waals surface area contributed by atoms with Crippen molar-refractivity contribution in [2.24, 2.45) is 0 Å². The Morgan fingerprint density at radius 2 is 2.00 bits per heavy atom. The molecule has 26 heavy (non-hydrogen) atoms. The summed E-state index contributed by atoms with van der Waals surface area (Å²) < 4.78 is 0.719. The molecule has 1 atom stereocenters. The number of rotatable bonds is 8. The van der Waals surface area contributed by atoms with E-state index in [1.54, 1.807) is 6.08 Å². The highest BCUT2D eigenvalue weighted by Crippen LogP contribution is 2.23. The molecular formula is C19H20ClN3O2S. The minimum Gasteiger partial charge on any atom is -0.325 e. The van der Waals surface area contributed by atoms with E-state index in [2.05, 4.69) is 11.9 Å². The van der Waals surface area contributed by atoms with Gasteiger partial charge >= 0.3 is 6.03 Å². The van der Waals surface area contributed by atoms with E-state index < -0.39 is 6.04 Å². The van der Waals surface area contributed by atoms with Crippen LogP contribution in [0, 0.1) is 0 Å². The van der Waals surface area contributed by atoms with Crippen molar-refractivity contribution in [2.45, 2.75) is 19.0 Å². The van der Waals surface area contributed by atoms with E-state index in [1.807, 2.05) is 47.4 Å². The molecule has 136 valence electrons. The van der Waals surface area contributed by atoms with Crippen molar-refractivity contribution in [3.63, 3.8) is 0 Å². The Morgan fingerprint density at radius 3 is 2.65 bits per heavy atom. The van der Waals surface area contributed by atoms with Crippen LogP contribution in [0.1, 0.15) is 10.4 Å². The average Bonchev–Trinajstić information content (AvgIpc) is 3.14. The first-order valence-corrected chi connectivity index (χ1v) is 9.49. The van der Waals surface area contributed by atoms with Gasteiger partial charge in [-0.1, -0.05) is 48.0 Å². The number of hydrogen-bond donors (Lipinski definition) is 1. The van der Waals surface area contributed by atoms with Gasteiger partial charge in [0.1, 0.15) is 6.04 Å². The fraction of sp³-hybridized carbons (Fsp3) is 0.263. The second kappa shape index (κ2) is 8.49. The quantitative estimate of drug-likeness (QED) is 0.555. The molecule has 1 aromatic heterocycles. The minimum atomic E-state index is -0.522. The van der Waals surface area contributed by atoms with Crippen molar-refractivity contribution in [3.05, 3.63) is 69.9 Å². The van der Waals surface area contributed by atoms with E-state index in [0.717, 1.165) is 14.8 Å². The molecule has 1 fully saturated rings. The standard InChI is InChI=1S/C19H20ClN3O2S/c1-2-10-22(12-15-8-9-17(20)26-15)13-23-18(24)16(21-19(23)25)11-14-6-4-3-5-7-14/h2-9,16H,1,10-13H2,(H,21,25)/t16-/m0/s1. The fourth-order valence-corrected chi connectivity index (χ4v) is 4.04. The van der Waals surface area contributed by atoms with Crippen LogP contribution >= 0.6 is 22.9 Å². The zero-order valence-corrected chi connectivity index (χ0v) is 15.8. The topological polar surface area (TPSA) is 52.6 Å². The molecule has 0 spiro atoms. The number of nitrogens with one attached hydrogen (secondary N) is 1. The number of nitrogens with zero attached hydrogens (tertiary/aromatic N) is 2. The van der Waals surface area contributed by atoms with Gasteiger partial charge in [0.2, 0.25) is 0 Å². The molecule has 2 aromatic rings. The summed E-state index contributed by atoms with van der Waals surface area (Å²) in [4.78, 5) is 29.3. The summed E-state index contributed by atoms with van der Waals surface area (Å²) >= 11 is 7.47. The Labute approximate surface area is 161 Å². The molecule has 0 saturated carbocycles. The lowest BCUT2D eigenvalue weighted by molar-refractivity contribution is -0.128. The molecule has 1 saturated heterocycles. The fourth-order valence-electron chi connectivity index (χ4n) is 2.91. The van der Waals surface area contributed by atoms with Crippen LogP contribution in [-0.2, 0) is 17.8 Å². The van der Waals surface area contributed by atoms with Crippen molar-refractivity contribution < 1.29 is 9.59 Å². The highest BCUT2D eigenvalue weighted by atomic mass is 35.5. The van der Waals surface area contributed by atoms with Gasteiger partial charge in [-0.2, -0.15) is 0 Å². The monoisotopic (exact) mass is 389 g/mol. The molecular weight excluding hydrogens is 370 g/mol. The summed E-state index contributed by atoms with van der Waals surface area (Å²) in [6, 6.07) is 12.6. The first kappa shape index (κ1) is 18.6. The molecule has 7 heteroatoms. The van der Waals surface area contributed by atoms with Crippen LogP contribution in [0.4, 0.5) is 4.79 Å². The van der Waals surface area contributed by atoms with Gasteiger partial charge in [-0.15, -0.1) is 17.9 Å². The Hall–Kier alpha value is -2.15. The summed E-state index contributed by atoms with van der Waals surface area (Å²) in [6.07, 6.45) is 2.25. The zero-order chi connectivity index (χ0) is 18.5. The largest absolute Gasteiger partial charge is 0.325 e. The van der Waals surface area contributed by atoms with Crippen LogP contribution < -0.4 is 5.32 Å². The van der Waals surface area contributed by atoms with E-state index >= 15 is 0 Å². The summed E-state index contributed by atoms with van der Waals surface area (Å²) in [5.74, 6) is -0.197. The van der Waals surface area contributed by atoms with E-state index in [4.69, 9.17) is 11.6 Å². The second-order valence-electron chi connectivity index (χ2n) is 6.11. The molecule has 0 aliphatic carbocycles. The first-order chi connectivity index (χ1) is 12.6. The normalized spacial score (nSPS) is 17.0. The van der Waals surface area contributed by atoms with Gasteiger partial charge in [0.05, 0.1) is 11.0 Å². The third-order valence-electron chi connectivity index (χ3n) is 4.13. The van der Waals surface area contributed by atoms with E-state index in [9.17, 15) is 9.59 Å². The third-order valence-corrected chi connectivity index (χ3v) is 5.34. The number of thiophene rings is 1. The maximum absolute atomic E-state index is 12.7. The maximum Gasteiger partial charge on any atom is 0.325 e. The summed E-state index contributed by atoms with van der Waals surface area (Å²) in [5, 5.41) is 2.78. The van der Waals surface area contributed by atoms with E-state index in [0.29, 0.717) is 19.5 Å². The summed E-state index contributed by atoms with van der Waals surface area (Å²) in [5.41, 5.74) is 1.02. The molecule has 3 rings (SSSR count). The first-order valence-electron chi connectivity index (χ1n) is 8.30. The van der Waals surface area contributed by atoms with Gasteiger partial charge < -0.3 is 5.32 Å². The number of carbonyl (C=O) groups excluding carboxylic acids is 2. The number of halogens is 1. The second-order valence-corrected chi connectivity index (χ2v) is 7.91. The Balaban J connectivity index is 1.65. The molecule has 1 aliphatic rings. The van der Waals surface area contributed by atoms with E-state index in [-0.39, 0.29) is 18.6 Å². The lowest BCUT2D eigenvalue weighted by Crippen LogP contribution is -2.41.